The van der Waals surface area contributed by atoms with Crippen molar-refractivity contribution in [2.75, 3.05) is 11.9 Å². The predicted octanol–water partition coefficient (Wildman–Crippen LogP) is 4.11. The van der Waals surface area contributed by atoms with E-state index in [9.17, 15) is 23.8 Å². The lowest BCUT2D eigenvalue weighted by atomic mass is 9.94. The summed E-state index contributed by atoms with van der Waals surface area (Å²) in [6.07, 6.45) is -3.37. The van der Waals surface area contributed by atoms with Crippen molar-refractivity contribution in [1.29, 1.82) is 0 Å². The van der Waals surface area contributed by atoms with Crippen LogP contribution < -0.4 is 14.8 Å². The van der Waals surface area contributed by atoms with Crippen LogP contribution in [0.1, 0.15) is 43.9 Å². The lowest BCUT2D eigenvalue weighted by Crippen LogP contribution is -2.28. The Kier molecular flexibility index (Phi) is 5.29. The maximum absolute atomic E-state index is 13.4. The third-order valence-electron chi connectivity index (χ3n) is 6.53. The van der Waals surface area contributed by atoms with Crippen molar-refractivity contribution in [2.45, 2.75) is 57.0 Å². The van der Waals surface area contributed by atoms with Gasteiger partial charge in [0.05, 0.1) is 24.7 Å². The highest BCUT2D eigenvalue weighted by atomic mass is 19.3. The van der Waals surface area contributed by atoms with Crippen LogP contribution in [0.2, 0.25) is 0 Å². The Labute approximate surface area is 194 Å². The van der Waals surface area contributed by atoms with Crippen molar-refractivity contribution in [3.8, 4) is 11.5 Å². The van der Waals surface area contributed by atoms with Crippen LogP contribution in [0.3, 0.4) is 0 Å². The molecular weight excluding hydrogens is 446 g/mol. The number of ether oxygens (including phenoxy) is 2. The lowest BCUT2D eigenvalue weighted by molar-refractivity contribution is -0.286. The Morgan fingerprint density at radius 3 is 2.53 bits per heavy atom. The summed E-state index contributed by atoms with van der Waals surface area (Å²) >= 11 is 0. The van der Waals surface area contributed by atoms with Crippen LogP contribution in [0, 0.1) is 0 Å². The molecule has 1 amide bonds. The maximum Gasteiger partial charge on any atom is 0.586 e. The van der Waals surface area contributed by atoms with Crippen LogP contribution >= 0.6 is 0 Å². The smallest absolute Gasteiger partial charge is 0.395 e. The highest BCUT2D eigenvalue weighted by molar-refractivity contribution is 6.02. The standard InChI is InChI=1S/C25H26F2N2O5/c1-14(2)20-10-15-9-17(4-5-19(15)29(20)12-18(31)13-30)28-23(32)24(7-8-24)16-3-6-21-22(11-16)34-25(26,27)33-21/h3-6,9-11,14,18,30-31H,7-8,12-13H2,1-2H3,(H,28,32)/t18-/m1/s1. The second-order valence-corrected chi connectivity index (χ2v) is 9.31. The molecule has 0 unspecified atom stereocenters. The summed E-state index contributed by atoms with van der Waals surface area (Å²) in [5.41, 5.74) is 2.34. The molecule has 0 saturated heterocycles. The molecule has 1 aliphatic heterocycles. The number of anilines is 1. The Hall–Kier alpha value is -3.17. The number of carbonyl (C=O) groups is 1. The normalized spacial score (nSPS) is 18.3. The molecule has 1 aliphatic carbocycles. The fourth-order valence-electron chi connectivity index (χ4n) is 4.59. The zero-order valence-electron chi connectivity index (χ0n) is 18.8. The van der Waals surface area contributed by atoms with E-state index < -0.39 is 17.8 Å². The summed E-state index contributed by atoms with van der Waals surface area (Å²) in [6, 6.07) is 12.0. The number of aliphatic hydroxyl groups is 2. The topological polar surface area (TPSA) is 93.0 Å². The van der Waals surface area contributed by atoms with E-state index in [4.69, 9.17) is 0 Å². The van der Waals surface area contributed by atoms with Crippen LogP contribution in [0.25, 0.3) is 10.9 Å². The number of carbonyl (C=O) groups excluding carboxylic acids is 1. The van der Waals surface area contributed by atoms with E-state index in [1.807, 2.05) is 22.8 Å². The van der Waals surface area contributed by atoms with Crippen molar-refractivity contribution in [1.82, 2.24) is 4.57 Å². The van der Waals surface area contributed by atoms with Crippen molar-refractivity contribution < 1.29 is 33.3 Å². The summed E-state index contributed by atoms with van der Waals surface area (Å²) in [7, 11) is 0. The van der Waals surface area contributed by atoms with Crippen molar-refractivity contribution in [2.24, 2.45) is 0 Å². The minimum atomic E-state index is -3.70. The summed E-state index contributed by atoms with van der Waals surface area (Å²) in [6.45, 7) is 4.05. The molecule has 1 aromatic heterocycles. The van der Waals surface area contributed by atoms with E-state index in [1.54, 1.807) is 12.1 Å². The van der Waals surface area contributed by atoms with E-state index in [0.29, 0.717) is 24.1 Å². The van der Waals surface area contributed by atoms with Gasteiger partial charge in [0.2, 0.25) is 5.91 Å². The van der Waals surface area contributed by atoms with E-state index in [-0.39, 0.29) is 36.5 Å². The minimum absolute atomic E-state index is 0.0489. The number of nitrogens with zero attached hydrogens (tertiary/aromatic N) is 1. The average Bonchev–Trinajstić information content (AvgIpc) is 3.43. The van der Waals surface area contributed by atoms with Crippen molar-refractivity contribution in [3.05, 3.63) is 53.7 Å². The van der Waals surface area contributed by atoms with Crippen LogP contribution in [0.5, 0.6) is 11.5 Å². The number of aliphatic hydroxyl groups excluding tert-OH is 2. The van der Waals surface area contributed by atoms with Gasteiger partial charge in [0.15, 0.2) is 11.5 Å². The molecule has 180 valence electrons. The maximum atomic E-state index is 13.4. The van der Waals surface area contributed by atoms with Gasteiger partial charge in [0.1, 0.15) is 0 Å². The predicted molar refractivity (Wildman–Crippen MR) is 121 cm³/mol. The summed E-state index contributed by atoms with van der Waals surface area (Å²) in [5.74, 6) is -0.135. The van der Waals surface area contributed by atoms with E-state index in [1.165, 1.54) is 12.1 Å². The first-order valence-corrected chi connectivity index (χ1v) is 11.3. The number of aromatic nitrogens is 1. The van der Waals surface area contributed by atoms with Gasteiger partial charge in [-0.1, -0.05) is 19.9 Å². The van der Waals surface area contributed by atoms with Gasteiger partial charge in [-0.3, -0.25) is 4.79 Å². The van der Waals surface area contributed by atoms with Gasteiger partial charge < -0.3 is 29.6 Å². The number of hydrogen-bond donors (Lipinski definition) is 3. The quantitative estimate of drug-likeness (QED) is 0.481. The number of nitrogens with one attached hydrogen (secondary N) is 1. The van der Waals surface area contributed by atoms with E-state index in [0.717, 1.165) is 16.6 Å². The van der Waals surface area contributed by atoms with E-state index >= 15 is 0 Å². The van der Waals surface area contributed by atoms with Gasteiger partial charge in [-0.05, 0) is 60.7 Å². The number of rotatable bonds is 7. The first-order valence-electron chi connectivity index (χ1n) is 11.3. The number of hydrogen-bond acceptors (Lipinski definition) is 5. The van der Waals surface area contributed by atoms with Crippen molar-refractivity contribution in [3.63, 3.8) is 0 Å². The fourth-order valence-corrected chi connectivity index (χ4v) is 4.59. The second-order valence-electron chi connectivity index (χ2n) is 9.31. The molecule has 3 N–H and O–H groups in total. The molecule has 3 aromatic rings. The highest BCUT2D eigenvalue weighted by Gasteiger charge is 2.52. The number of fused-ring (bicyclic) bond motifs is 2. The van der Waals surface area contributed by atoms with Gasteiger partial charge in [0, 0.05) is 22.3 Å². The molecule has 5 rings (SSSR count). The van der Waals surface area contributed by atoms with Crippen LogP contribution in [0.15, 0.2) is 42.5 Å². The monoisotopic (exact) mass is 472 g/mol. The Morgan fingerprint density at radius 1 is 1.12 bits per heavy atom. The van der Waals surface area contributed by atoms with E-state index in [2.05, 4.69) is 28.6 Å². The highest BCUT2D eigenvalue weighted by Crippen LogP contribution is 2.52. The third-order valence-corrected chi connectivity index (χ3v) is 6.53. The van der Waals surface area contributed by atoms with Crippen molar-refractivity contribution >= 4 is 22.5 Å². The van der Waals surface area contributed by atoms with Gasteiger partial charge in [-0.15, -0.1) is 8.78 Å². The first-order chi connectivity index (χ1) is 16.1. The van der Waals surface area contributed by atoms with Crippen LogP contribution in [-0.2, 0) is 16.8 Å². The Morgan fingerprint density at radius 2 is 1.85 bits per heavy atom. The van der Waals surface area contributed by atoms with Gasteiger partial charge in [-0.25, -0.2) is 0 Å². The first kappa shape index (κ1) is 22.6. The zero-order chi connectivity index (χ0) is 24.3. The molecule has 7 nitrogen and oxygen atoms in total. The molecule has 2 aromatic carbocycles. The molecular formula is C25H26F2N2O5. The number of alkyl halides is 2. The fraction of sp³-hybridized carbons (Fsp3) is 0.400. The second kappa shape index (κ2) is 7.95. The largest absolute Gasteiger partial charge is 0.586 e. The molecule has 34 heavy (non-hydrogen) atoms. The number of amides is 1. The molecule has 2 heterocycles. The summed E-state index contributed by atoms with van der Waals surface area (Å²) in [4.78, 5) is 13.2. The van der Waals surface area contributed by atoms with Gasteiger partial charge in [0.25, 0.3) is 0 Å². The molecule has 1 atom stereocenters. The molecule has 1 fully saturated rings. The van der Waals surface area contributed by atoms with Crippen LogP contribution in [0.4, 0.5) is 14.5 Å². The molecule has 9 heteroatoms. The number of benzene rings is 2. The molecule has 0 bridgehead atoms. The summed E-state index contributed by atoms with van der Waals surface area (Å²) < 4.78 is 37.7. The molecule has 0 spiro atoms. The van der Waals surface area contributed by atoms with Crippen LogP contribution in [-0.4, -0.2) is 39.7 Å². The van der Waals surface area contributed by atoms with Gasteiger partial charge >= 0.3 is 6.29 Å². The third kappa shape index (κ3) is 3.88. The molecule has 1 saturated carbocycles. The minimum Gasteiger partial charge on any atom is -0.395 e. The SMILES string of the molecule is CC(C)c1cc2cc(NC(=O)C3(c4ccc5c(c4)OC(F)(F)O5)CC3)ccc2n1C[C@@H](O)CO. The molecule has 0 radical (unpaired) electrons. The van der Waals surface area contributed by atoms with Gasteiger partial charge in [-0.2, -0.15) is 0 Å². The Bertz CT molecular complexity index is 1270. The average molecular weight is 472 g/mol. The Balaban J connectivity index is 1.40. The number of halogens is 2. The summed E-state index contributed by atoms with van der Waals surface area (Å²) in [5, 5.41) is 23.1. The molecule has 2 aliphatic rings. The lowest BCUT2D eigenvalue weighted by Gasteiger charge is -2.17. The zero-order valence-corrected chi connectivity index (χ0v) is 18.8.